The number of nitrogens with one attached hydrogen (secondary N) is 3. The standard InChI is InChI=1S/C18H31N5O8S/c1-8(2)14(18(30)31)23-17(29)11(7-13(25)26)22-16(28)10(4-5-32-3)21-15(27)9(19)6-12(20)24/h8-11,14H,4-7,19H2,1-3H3,(H2,20,24)(H,21,27)(H,22,28)(H,23,29)(H,25,26)(H,30,31). The Morgan fingerprint density at radius 2 is 1.41 bits per heavy atom. The number of thioether (sulfide) groups is 1. The van der Waals surface area contributed by atoms with Crippen molar-refractivity contribution < 1.29 is 39.0 Å². The van der Waals surface area contributed by atoms with E-state index in [0.717, 1.165) is 0 Å². The molecule has 0 spiro atoms. The van der Waals surface area contributed by atoms with E-state index in [4.69, 9.17) is 16.6 Å². The summed E-state index contributed by atoms with van der Waals surface area (Å²) in [6.45, 7) is 3.10. The van der Waals surface area contributed by atoms with Crippen molar-refractivity contribution in [2.75, 3.05) is 12.0 Å². The van der Waals surface area contributed by atoms with E-state index in [0.29, 0.717) is 5.75 Å². The second-order valence-corrected chi connectivity index (χ2v) is 8.33. The van der Waals surface area contributed by atoms with E-state index in [-0.39, 0.29) is 6.42 Å². The molecular formula is C18H31N5O8S. The molecule has 14 heteroatoms. The molecule has 0 aromatic carbocycles. The molecule has 0 saturated heterocycles. The molecule has 4 amide bonds. The van der Waals surface area contributed by atoms with Crippen molar-refractivity contribution in [1.29, 1.82) is 0 Å². The Morgan fingerprint density at radius 1 is 0.875 bits per heavy atom. The quantitative estimate of drug-likeness (QED) is 0.132. The highest BCUT2D eigenvalue weighted by Gasteiger charge is 2.32. The second kappa shape index (κ2) is 14.2. The number of carboxylic acid groups (broad SMARTS) is 2. The topological polar surface area (TPSA) is 231 Å². The van der Waals surface area contributed by atoms with Crippen LogP contribution in [0.15, 0.2) is 0 Å². The summed E-state index contributed by atoms with van der Waals surface area (Å²) in [5.74, 6) is -6.30. The van der Waals surface area contributed by atoms with Gasteiger partial charge < -0.3 is 37.6 Å². The molecule has 0 saturated carbocycles. The first-order valence-corrected chi connectivity index (χ1v) is 11.1. The molecule has 0 aromatic rings. The lowest BCUT2D eigenvalue weighted by atomic mass is 10.0. The molecule has 0 aliphatic rings. The number of hydrogen-bond acceptors (Lipinski definition) is 8. The molecule has 0 aromatic heterocycles. The number of hydrogen-bond donors (Lipinski definition) is 7. The van der Waals surface area contributed by atoms with Gasteiger partial charge in [-0.05, 0) is 24.3 Å². The van der Waals surface area contributed by atoms with Crippen molar-refractivity contribution in [2.45, 2.75) is 57.3 Å². The Hall–Kier alpha value is -2.87. The fourth-order valence-corrected chi connectivity index (χ4v) is 2.99. The number of rotatable bonds is 15. The number of carbonyl (C=O) groups excluding carboxylic acids is 4. The summed E-state index contributed by atoms with van der Waals surface area (Å²) in [5.41, 5.74) is 10.6. The third-order valence-electron chi connectivity index (χ3n) is 4.24. The van der Waals surface area contributed by atoms with Crippen molar-refractivity contribution in [3.8, 4) is 0 Å². The van der Waals surface area contributed by atoms with Gasteiger partial charge in [0.05, 0.1) is 18.9 Å². The first-order valence-electron chi connectivity index (χ1n) is 9.68. The van der Waals surface area contributed by atoms with Gasteiger partial charge in [0.1, 0.15) is 18.1 Å². The fourth-order valence-electron chi connectivity index (χ4n) is 2.52. The van der Waals surface area contributed by atoms with Crippen molar-refractivity contribution in [1.82, 2.24) is 16.0 Å². The van der Waals surface area contributed by atoms with E-state index in [1.165, 1.54) is 11.8 Å². The van der Waals surface area contributed by atoms with Gasteiger partial charge in [0.15, 0.2) is 0 Å². The van der Waals surface area contributed by atoms with Crippen LogP contribution in [-0.4, -0.2) is 82.0 Å². The van der Waals surface area contributed by atoms with Crippen LogP contribution in [0.2, 0.25) is 0 Å². The Kier molecular flexibility index (Phi) is 13.0. The molecule has 0 bridgehead atoms. The molecule has 182 valence electrons. The predicted octanol–water partition coefficient (Wildman–Crippen LogP) is -2.39. The first kappa shape index (κ1) is 29.1. The van der Waals surface area contributed by atoms with Crippen LogP contribution in [0.3, 0.4) is 0 Å². The summed E-state index contributed by atoms with van der Waals surface area (Å²) in [7, 11) is 0. The Bertz CT molecular complexity index is 717. The van der Waals surface area contributed by atoms with Gasteiger partial charge in [-0.1, -0.05) is 13.8 Å². The zero-order chi connectivity index (χ0) is 25.0. The lowest BCUT2D eigenvalue weighted by molar-refractivity contribution is -0.144. The fraction of sp³-hybridized carbons (Fsp3) is 0.667. The Morgan fingerprint density at radius 3 is 1.84 bits per heavy atom. The predicted molar refractivity (Wildman–Crippen MR) is 115 cm³/mol. The highest BCUT2D eigenvalue weighted by atomic mass is 32.2. The van der Waals surface area contributed by atoms with Crippen molar-refractivity contribution in [3.63, 3.8) is 0 Å². The highest BCUT2D eigenvalue weighted by molar-refractivity contribution is 7.98. The smallest absolute Gasteiger partial charge is 0.326 e. The molecule has 0 radical (unpaired) electrons. The average molecular weight is 478 g/mol. The van der Waals surface area contributed by atoms with Crippen LogP contribution in [0.5, 0.6) is 0 Å². The van der Waals surface area contributed by atoms with E-state index in [1.807, 2.05) is 0 Å². The van der Waals surface area contributed by atoms with Gasteiger partial charge in [-0.2, -0.15) is 11.8 Å². The first-order chi connectivity index (χ1) is 14.8. The van der Waals surface area contributed by atoms with Crippen LogP contribution in [0.1, 0.15) is 33.1 Å². The number of amides is 4. The SMILES string of the molecule is CSCCC(NC(=O)C(N)CC(N)=O)C(=O)NC(CC(=O)O)C(=O)NC(C(=O)O)C(C)C. The summed E-state index contributed by atoms with van der Waals surface area (Å²) in [4.78, 5) is 70.9. The van der Waals surface area contributed by atoms with Gasteiger partial charge in [0.25, 0.3) is 0 Å². The lowest BCUT2D eigenvalue weighted by Gasteiger charge is -2.25. The summed E-state index contributed by atoms with van der Waals surface area (Å²) in [6, 6.07) is -5.36. The van der Waals surface area contributed by atoms with E-state index in [1.54, 1.807) is 20.1 Å². The maximum atomic E-state index is 12.7. The number of nitrogens with two attached hydrogens (primary N) is 2. The normalized spacial score (nSPS) is 14.5. The van der Waals surface area contributed by atoms with E-state index >= 15 is 0 Å². The number of aliphatic carboxylic acids is 2. The van der Waals surface area contributed by atoms with Crippen molar-refractivity contribution >= 4 is 47.3 Å². The molecule has 13 nitrogen and oxygen atoms in total. The zero-order valence-corrected chi connectivity index (χ0v) is 18.9. The maximum Gasteiger partial charge on any atom is 0.326 e. The Labute approximate surface area is 189 Å². The van der Waals surface area contributed by atoms with E-state index in [2.05, 4.69) is 16.0 Å². The van der Waals surface area contributed by atoms with Gasteiger partial charge >= 0.3 is 11.9 Å². The number of carboxylic acids is 2. The van der Waals surface area contributed by atoms with Crippen LogP contribution < -0.4 is 27.4 Å². The molecule has 0 heterocycles. The third-order valence-corrected chi connectivity index (χ3v) is 4.89. The molecule has 0 fully saturated rings. The number of primary amides is 1. The van der Waals surface area contributed by atoms with Gasteiger partial charge in [0, 0.05) is 0 Å². The molecule has 4 unspecified atom stereocenters. The molecule has 4 atom stereocenters. The molecule has 0 aliphatic heterocycles. The molecular weight excluding hydrogens is 446 g/mol. The molecule has 0 rings (SSSR count). The van der Waals surface area contributed by atoms with E-state index < -0.39 is 78.5 Å². The summed E-state index contributed by atoms with van der Waals surface area (Å²) in [5, 5.41) is 25.1. The van der Waals surface area contributed by atoms with Crippen LogP contribution in [0.4, 0.5) is 0 Å². The zero-order valence-electron chi connectivity index (χ0n) is 18.1. The minimum Gasteiger partial charge on any atom is -0.481 e. The van der Waals surface area contributed by atoms with Crippen LogP contribution in [0.25, 0.3) is 0 Å². The largest absolute Gasteiger partial charge is 0.481 e. The van der Waals surface area contributed by atoms with Crippen LogP contribution >= 0.6 is 11.8 Å². The molecule has 9 N–H and O–H groups in total. The average Bonchev–Trinajstić information content (AvgIpc) is 2.66. The van der Waals surface area contributed by atoms with Gasteiger partial charge in [0.2, 0.25) is 23.6 Å². The van der Waals surface area contributed by atoms with Crippen molar-refractivity contribution in [2.24, 2.45) is 17.4 Å². The minimum absolute atomic E-state index is 0.118. The molecule has 32 heavy (non-hydrogen) atoms. The third kappa shape index (κ3) is 10.9. The van der Waals surface area contributed by atoms with Crippen LogP contribution in [0, 0.1) is 5.92 Å². The summed E-state index contributed by atoms with van der Waals surface area (Å²) < 4.78 is 0. The van der Waals surface area contributed by atoms with Crippen LogP contribution in [-0.2, 0) is 28.8 Å². The van der Waals surface area contributed by atoms with Crippen molar-refractivity contribution in [3.05, 3.63) is 0 Å². The second-order valence-electron chi connectivity index (χ2n) is 7.35. The monoisotopic (exact) mass is 477 g/mol. The molecule has 0 aliphatic carbocycles. The lowest BCUT2D eigenvalue weighted by Crippen LogP contribution is -2.58. The van der Waals surface area contributed by atoms with Gasteiger partial charge in [-0.15, -0.1) is 0 Å². The number of carbonyl (C=O) groups is 6. The maximum absolute atomic E-state index is 12.7. The Balaban J connectivity index is 5.48. The van der Waals surface area contributed by atoms with Gasteiger partial charge in [-0.3, -0.25) is 24.0 Å². The minimum atomic E-state index is -1.59. The summed E-state index contributed by atoms with van der Waals surface area (Å²) in [6.07, 6.45) is 0.617. The summed E-state index contributed by atoms with van der Waals surface area (Å²) >= 11 is 1.37. The van der Waals surface area contributed by atoms with Gasteiger partial charge in [-0.25, -0.2) is 4.79 Å². The van der Waals surface area contributed by atoms with E-state index in [9.17, 15) is 33.9 Å². The highest BCUT2D eigenvalue weighted by Crippen LogP contribution is 2.06.